The first-order valence-electron chi connectivity index (χ1n) is 9.03. The molecule has 1 amide bonds. The van der Waals surface area contributed by atoms with Gasteiger partial charge in [-0.3, -0.25) is 9.78 Å². The van der Waals surface area contributed by atoms with E-state index in [1.165, 1.54) is 0 Å². The maximum Gasteiger partial charge on any atom is 0.270 e. The van der Waals surface area contributed by atoms with Gasteiger partial charge in [-0.2, -0.15) is 0 Å². The maximum absolute atomic E-state index is 12.5. The molecule has 0 aliphatic heterocycles. The van der Waals surface area contributed by atoms with Crippen LogP contribution in [0.4, 0.5) is 5.82 Å². The van der Waals surface area contributed by atoms with E-state index in [-0.39, 0.29) is 5.91 Å². The van der Waals surface area contributed by atoms with Crippen molar-refractivity contribution in [1.29, 1.82) is 0 Å². The van der Waals surface area contributed by atoms with Gasteiger partial charge in [0.05, 0.1) is 7.11 Å². The third kappa shape index (κ3) is 5.51. The van der Waals surface area contributed by atoms with Gasteiger partial charge in [0.15, 0.2) is 0 Å². The molecule has 0 fully saturated rings. The predicted molar refractivity (Wildman–Crippen MR) is 107 cm³/mol. The van der Waals surface area contributed by atoms with Crippen LogP contribution >= 0.6 is 0 Å². The zero-order chi connectivity index (χ0) is 19.8. The molecule has 2 heterocycles. The molecule has 3 aromatic rings. The highest BCUT2D eigenvalue weighted by atomic mass is 16.5. The van der Waals surface area contributed by atoms with Crippen molar-refractivity contribution in [3.05, 3.63) is 77.5 Å². The van der Waals surface area contributed by atoms with Gasteiger partial charge in [-0.15, -0.1) is 0 Å². The number of hydrogen-bond donors (Lipinski definition) is 2. The molecule has 0 saturated heterocycles. The van der Waals surface area contributed by atoms with Crippen LogP contribution in [0.25, 0.3) is 0 Å². The van der Waals surface area contributed by atoms with Crippen LogP contribution in [0.15, 0.2) is 54.9 Å². The molecule has 7 heteroatoms. The van der Waals surface area contributed by atoms with E-state index in [9.17, 15) is 4.79 Å². The van der Waals surface area contributed by atoms with Crippen molar-refractivity contribution in [1.82, 2.24) is 20.3 Å². The average Bonchev–Trinajstić information content (AvgIpc) is 2.73. The van der Waals surface area contributed by atoms with Crippen molar-refractivity contribution in [3.63, 3.8) is 0 Å². The Bertz CT molecular complexity index is 914. The zero-order valence-corrected chi connectivity index (χ0v) is 16.0. The number of nitrogens with zero attached hydrogens (tertiary/aromatic N) is 3. The average molecular weight is 377 g/mol. The summed E-state index contributed by atoms with van der Waals surface area (Å²) in [5, 5.41) is 6.13. The van der Waals surface area contributed by atoms with Gasteiger partial charge in [-0.1, -0.05) is 12.1 Å². The molecule has 2 aromatic heterocycles. The molecule has 0 aliphatic rings. The third-order valence-electron chi connectivity index (χ3n) is 4.15. The van der Waals surface area contributed by atoms with Gasteiger partial charge in [-0.25, -0.2) is 9.97 Å². The summed E-state index contributed by atoms with van der Waals surface area (Å²) in [6.45, 7) is 2.89. The molecule has 144 valence electrons. The van der Waals surface area contributed by atoms with Crippen LogP contribution in [-0.2, 0) is 13.0 Å². The lowest BCUT2D eigenvalue weighted by Crippen LogP contribution is -2.27. The second kappa shape index (κ2) is 9.45. The van der Waals surface area contributed by atoms with E-state index in [1.54, 1.807) is 32.5 Å². The van der Waals surface area contributed by atoms with Gasteiger partial charge in [0.2, 0.25) is 0 Å². The Kier molecular flexibility index (Phi) is 6.51. The second-order valence-corrected chi connectivity index (χ2v) is 6.25. The number of carbonyl (C=O) groups excluding carboxylic acids is 1. The largest absolute Gasteiger partial charge is 0.497 e. The fourth-order valence-corrected chi connectivity index (χ4v) is 2.67. The summed E-state index contributed by atoms with van der Waals surface area (Å²) in [4.78, 5) is 25.0. The van der Waals surface area contributed by atoms with Crippen molar-refractivity contribution in [2.75, 3.05) is 19.0 Å². The molecule has 3 rings (SSSR count). The van der Waals surface area contributed by atoms with Crippen LogP contribution in [-0.4, -0.2) is 34.5 Å². The second-order valence-electron chi connectivity index (χ2n) is 6.25. The Morgan fingerprint density at radius 2 is 1.79 bits per heavy atom. The number of ether oxygens (including phenoxy) is 1. The Hall–Kier alpha value is -3.48. The lowest BCUT2D eigenvalue weighted by Gasteiger charge is -2.09. The number of pyridine rings is 1. The quantitative estimate of drug-likeness (QED) is 0.627. The molecule has 0 unspecified atom stereocenters. The SMILES string of the molecule is COc1ccc(CCNC(=O)c2cc(NCc3ccncc3)nc(C)n2)cc1. The van der Waals surface area contributed by atoms with E-state index in [4.69, 9.17) is 4.74 Å². The van der Waals surface area contributed by atoms with Gasteiger partial charge in [-0.05, 0) is 48.7 Å². The van der Waals surface area contributed by atoms with E-state index in [1.807, 2.05) is 36.4 Å². The Labute approximate surface area is 164 Å². The number of hydrogen-bond acceptors (Lipinski definition) is 6. The normalized spacial score (nSPS) is 10.4. The fourth-order valence-electron chi connectivity index (χ4n) is 2.67. The summed E-state index contributed by atoms with van der Waals surface area (Å²) in [7, 11) is 1.64. The number of aromatic nitrogens is 3. The molecule has 0 radical (unpaired) electrons. The summed E-state index contributed by atoms with van der Waals surface area (Å²) in [6.07, 6.45) is 4.21. The Morgan fingerprint density at radius 1 is 1.04 bits per heavy atom. The molecular formula is C21H23N5O2. The van der Waals surface area contributed by atoms with Gasteiger partial charge >= 0.3 is 0 Å². The van der Waals surface area contributed by atoms with Gasteiger partial charge in [0.1, 0.15) is 23.1 Å². The summed E-state index contributed by atoms with van der Waals surface area (Å²) in [6, 6.07) is 13.3. The van der Waals surface area contributed by atoms with E-state index in [2.05, 4.69) is 25.6 Å². The highest BCUT2D eigenvalue weighted by molar-refractivity contribution is 5.92. The molecule has 0 bridgehead atoms. The van der Waals surface area contributed by atoms with Gasteiger partial charge < -0.3 is 15.4 Å². The van der Waals surface area contributed by atoms with Crippen molar-refractivity contribution < 1.29 is 9.53 Å². The number of aryl methyl sites for hydroxylation is 1. The van der Waals surface area contributed by atoms with Crippen molar-refractivity contribution in [2.24, 2.45) is 0 Å². The molecule has 0 atom stereocenters. The molecule has 0 aliphatic carbocycles. The molecule has 7 nitrogen and oxygen atoms in total. The number of amides is 1. The summed E-state index contributed by atoms with van der Waals surface area (Å²) < 4.78 is 5.15. The van der Waals surface area contributed by atoms with Crippen molar-refractivity contribution in [3.8, 4) is 5.75 Å². The topological polar surface area (TPSA) is 89.0 Å². The summed E-state index contributed by atoms with van der Waals surface area (Å²) in [5.74, 6) is 1.76. The lowest BCUT2D eigenvalue weighted by molar-refractivity contribution is 0.0949. The zero-order valence-electron chi connectivity index (χ0n) is 16.0. The minimum atomic E-state index is -0.217. The van der Waals surface area contributed by atoms with Gasteiger partial charge in [0.25, 0.3) is 5.91 Å². The number of benzene rings is 1. The standard InChI is InChI=1S/C21H23N5O2/c1-15-25-19(13-20(26-15)24-14-17-7-10-22-11-8-17)21(27)23-12-9-16-3-5-18(28-2)6-4-16/h3-8,10-11,13H,9,12,14H2,1-2H3,(H,23,27)(H,24,25,26). The third-order valence-corrected chi connectivity index (χ3v) is 4.15. The predicted octanol–water partition coefficient (Wildman–Crippen LogP) is 2.77. The molecule has 0 spiro atoms. The molecule has 0 saturated carbocycles. The molecule has 2 N–H and O–H groups in total. The van der Waals surface area contributed by atoms with Crippen LogP contribution < -0.4 is 15.4 Å². The van der Waals surface area contributed by atoms with Crippen LogP contribution in [0.1, 0.15) is 27.4 Å². The highest BCUT2D eigenvalue weighted by Crippen LogP contribution is 2.12. The fraction of sp³-hybridized carbons (Fsp3) is 0.238. The Morgan fingerprint density at radius 3 is 2.50 bits per heavy atom. The van der Waals surface area contributed by atoms with E-state index < -0.39 is 0 Å². The maximum atomic E-state index is 12.5. The summed E-state index contributed by atoms with van der Waals surface area (Å²) >= 11 is 0. The first kappa shape index (κ1) is 19.3. The van der Waals surface area contributed by atoms with Crippen molar-refractivity contribution in [2.45, 2.75) is 19.9 Å². The minimum absolute atomic E-state index is 0.217. The molecule has 28 heavy (non-hydrogen) atoms. The van der Waals surface area contributed by atoms with Crippen LogP contribution in [0.2, 0.25) is 0 Å². The minimum Gasteiger partial charge on any atom is -0.497 e. The Balaban J connectivity index is 1.55. The van der Waals surface area contributed by atoms with E-state index in [0.29, 0.717) is 30.4 Å². The summed E-state index contributed by atoms with van der Waals surface area (Å²) in [5.41, 5.74) is 2.55. The number of anilines is 1. The van der Waals surface area contributed by atoms with E-state index in [0.717, 1.165) is 23.3 Å². The number of methoxy groups -OCH3 is 1. The monoisotopic (exact) mass is 377 g/mol. The smallest absolute Gasteiger partial charge is 0.270 e. The van der Waals surface area contributed by atoms with Crippen molar-refractivity contribution >= 4 is 11.7 Å². The first-order valence-corrected chi connectivity index (χ1v) is 9.03. The lowest BCUT2D eigenvalue weighted by atomic mass is 10.1. The molecule has 1 aromatic carbocycles. The van der Waals surface area contributed by atoms with Gasteiger partial charge in [0, 0.05) is 31.5 Å². The highest BCUT2D eigenvalue weighted by Gasteiger charge is 2.10. The molecular weight excluding hydrogens is 354 g/mol. The van der Waals surface area contributed by atoms with Crippen LogP contribution in [0, 0.1) is 6.92 Å². The first-order chi connectivity index (χ1) is 13.6. The van der Waals surface area contributed by atoms with E-state index >= 15 is 0 Å². The number of nitrogens with one attached hydrogen (secondary N) is 2. The number of carbonyl (C=O) groups is 1. The van der Waals surface area contributed by atoms with Crippen LogP contribution in [0.3, 0.4) is 0 Å². The number of rotatable bonds is 8. The van der Waals surface area contributed by atoms with Crippen LogP contribution in [0.5, 0.6) is 5.75 Å².